The molecule has 1 aromatic carbocycles. The van der Waals surface area contributed by atoms with Crippen LogP contribution in [0.2, 0.25) is 0 Å². The van der Waals surface area contributed by atoms with E-state index in [0.29, 0.717) is 10.7 Å². The quantitative estimate of drug-likeness (QED) is 0.881. The minimum atomic E-state index is -0.752. The number of nitrogens with one attached hydrogen (secondary N) is 1. The van der Waals surface area contributed by atoms with Gasteiger partial charge in [-0.25, -0.2) is 9.37 Å². The van der Waals surface area contributed by atoms with Crippen molar-refractivity contribution in [3.63, 3.8) is 0 Å². The van der Waals surface area contributed by atoms with Crippen molar-refractivity contribution in [3.05, 3.63) is 47.2 Å². The lowest BCUT2D eigenvalue weighted by Gasteiger charge is -2.13. The average Bonchev–Trinajstić information content (AvgIpc) is 3.13. The number of benzene rings is 1. The predicted molar refractivity (Wildman–Crippen MR) is 89.1 cm³/mol. The molecule has 2 aromatic rings. The van der Waals surface area contributed by atoms with E-state index in [0.717, 1.165) is 16.7 Å². The Bertz CT molecular complexity index is 765. The number of hydrogen-bond acceptors (Lipinski definition) is 6. The van der Waals surface area contributed by atoms with E-state index in [2.05, 4.69) is 10.3 Å². The van der Waals surface area contributed by atoms with Crippen molar-refractivity contribution in [1.29, 1.82) is 0 Å². The molecule has 1 aliphatic rings. The van der Waals surface area contributed by atoms with Crippen LogP contribution in [0.1, 0.15) is 12.0 Å². The van der Waals surface area contributed by atoms with E-state index < -0.39 is 16.4 Å². The number of thioether (sulfide) groups is 1. The fraction of sp³-hybridized carbons (Fsp3) is 0.200. The predicted octanol–water partition coefficient (Wildman–Crippen LogP) is 2.88. The zero-order valence-electron chi connectivity index (χ0n) is 12.3. The summed E-state index contributed by atoms with van der Waals surface area (Å²) in [5.74, 6) is -1.17. The van der Waals surface area contributed by atoms with Crippen LogP contribution < -0.4 is 5.32 Å². The second kappa shape index (κ2) is 7.10. The summed E-state index contributed by atoms with van der Waals surface area (Å²) < 4.78 is 12.9. The maximum Gasteiger partial charge on any atom is 0.289 e. The zero-order chi connectivity index (χ0) is 17.1. The van der Waals surface area contributed by atoms with E-state index in [9.17, 15) is 18.8 Å². The first-order valence-electron chi connectivity index (χ1n) is 6.98. The number of anilines is 1. The Morgan fingerprint density at radius 1 is 1.29 bits per heavy atom. The van der Waals surface area contributed by atoms with Gasteiger partial charge in [-0.05, 0) is 17.7 Å². The number of carbonyl (C=O) groups excluding carboxylic acids is 3. The summed E-state index contributed by atoms with van der Waals surface area (Å²) >= 11 is 2.10. The molecular formula is C15H12FN3O3S2. The van der Waals surface area contributed by atoms with Gasteiger partial charge in [-0.1, -0.05) is 23.9 Å². The van der Waals surface area contributed by atoms with E-state index in [-0.39, 0.29) is 24.7 Å². The first kappa shape index (κ1) is 16.6. The van der Waals surface area contributed by atoms with E-state index in [1.54, 1.807) is 11.6 Å². The lowest BCUT2D eigenvalue weighted by atomic mass is 10.2. The molecule has 1 aromatic heterocycles. The summed E-state index contributed by atoms with van der Waals surface area (Å²) in [5, 5.41) is 3.60. The smallest absolute Gasteiger partial charge is 0.289 e. The van der Waals surface area contributed by atoms with Crippen LogP contribution in [0.5, 0.6) is 0 Å². The molecule has 3 rings (SSSR count). The summed E-state index contributed by atoms with van der Waals surface area (Å²) in [6.07, 6.45) is 1.46. The molecule has 0 radical (unpaired) electrons. The Hall–Kier alpha value is -2.26. The number of thiazole rings is 1. The topological polar surface area (TPSA) is 79.4 Å². The van der Waals surface area contributed by atoms with Crippen LogP contribution in [0, 0.1) is 5.82 Å². The molecule has 124 valence electrons. The summed E-state index contributed by atoms with van der Waals surface area (Å²) in [7, 11) is 0. The normalized spacial score (nSPS) is 17.4. The highest BCUT2D eigenvalue weighted by Gasteiger charge is 2.40. The third-order valence-electron chi connectivity index (χ3n) is 3.31. The molecule has 0 bridgehead atoms. The molecule has 1 fully saturated rings. The largest absolute Gasteiger partial charge is 0.302 e. The van der Waals surface area contributed by atoms with E-state index in [1.165, 1.54) is 35.6 Å². The molecule has 9 heteroatoms. The second-order valence-corrected chi connectivity index (χ2v) is 7.06. The van der Waals surface area contributed by atoms with Crippen molar-refractivity contribution in [2.45, 2.75) is 18.2 Å². The lowest BCUT2D eigenvalue weighted by Crippen LogP contribution is -2.32. The van der Waals surface area contributed by atoms with Gasteiger partial charge in [-0.3, -0.25) is 19.3 Å². The van der Waals surface area contributed by atoms with Crippen molar-refractivity contribution >= 4 is 45.3 Å². The Labute approximate surface area is 145 Å². The molecule has 0 unspecified atom stereocenters. The third kappa shape index (κ3) is 3.80. The SMILES string of the molecule is O=C(C[C@H]1SC(=O)N(Cc2ccc(F)cc2)C1=O)Nc1nccs1. The number of rotatable bonds is 5. The van der Waals surface area contributed by atoms with Crippen molar-refractivity contribution in [1.82, 2.24) is 9.88 Å². The maximum absolute atomic E-state index is 12.9. The summed E-state index contributed by atoms with van der Waals surface area (Å²) in [4.78, 5) is 41.3. The molecule has 1 aliphatic heterocycles. The zero-order valence-corrected chi connectivity index (χ0v) is 13.9. The van der Waals surface area contributed by atoms with Gasteiger partial charge in [-0.2, -0.15) is 0 Å². The Kier molecular flexibility index (Phi) is 4.91. The van der Waals surface area contributed by atoms with Crippen LogP contribution in [-0.4, -0.2) is 32.2 Å². The Morgan fingerprint density at radius 3 is 2.71 bits per heavy atom. The van der Waals surface area contributed by atoms with Crippen LogP contribution in [-0.2, 0) is 16.1 Å². The fourth-order valence-corrected chi connectivity index (χ4v) is 3.70. The van der Waals surface area contributed by atoms with Gasteiger partial charge in [0.1, 0.15) is 11.1 Å². The minimum Gasteiger partial charge on any atom is -0.302 e. The summed E-state index contributed by atoms with van der Waals surface area (Å²) in [5.41, 5.74) is 0.645. The first-order chi connectivity index (χ1) is 11.5. The molecule has 3 amide bonds. The molecule has 0 saturated carbocycles. The molecule has 1 saturated heterocycles. The lowest BCUT2D eigenvalue weighted by molar-refractivity contribution is -0.129. The number of imide groups is 1. The third-order valence-corrected chi connectivity index (χ3v) is 5.07. The number of nitrogens with zero attached hydrogens (tertiary/aromatic N) is 2. The average molecular weight is 365 g/mol. The van der Waals surface area contributed by atoms with Gasteiger partial charge in [0.25, 0.3) is 5.24 Å². The second-order valence-electron chi connectivity index (χ2n) is 5.01. The van der Waals surface area contributed by atoms with Crippen LogP contribution in [0.15, 0.2) is 35.8 Å². The number of halogens is 1. The molecule has 2 heterocycles. The van der Waals surface area contributed by atoms with Crippen molar-refractivity contribution in [3.8, 4) is 0 Å². The van der Waals surface area contributed by atoms with Gasteiger partial charge in [-0.15, -0.1) is 11.3 Å². The van der Waals surface area contributed by atoms with Crippen molar-refractivity contribution in [2.24, 2.45) is 0 Å². The number of carbonyl (C=O) groups is 3. The molecule has 0 aliphatic carbocycles. The molecule has 0 spiro atoms. The molecule has 6 nitrogen and oxygen atoms in total. The van der Waals surface area contributed by atoms with Crippen molar-refractivity contribution < 1.29 is 18.8 Å². The van der Waals surface area contributed by atoms with E-state index >= 15 is 0 Å². The molecular weight excluding hydrogens is 353 g/mol. The van der Waals surface area contributed by atoms with Crippen LogP contribution in [0.4, 0.5) is 14.3 Å². The highest BCUT2D eigenvalue weighted by Crippen LogP contribution is 2.30. The van der Waals surface area contributed by atoms with Gasteiger partial charge in [0.2, 0.25) is 11.8 Å². The minimum absolute atomic E-state index is 0.0650. The van der Waals surface area contributed by atoms with Gasteiger partial charge in [0.05, 0.1) is 6.54 Å². The van der Waals surface area contributed by atoms with E-state index in [1.807, 2.05) is 0 Å². The number of amides is 3. The number of aromatic nitrogens is 1. The van der Waals surface area contributed by atoms with Gasteiger partial charge in [0.15, 0.2) is 5.13 Å². The van der Waals surface area contributed by atoms with E-state index in [4.69, 9.17) is 0 Å². The molecule has 1 N–H and O–H groups in total. The molecule has 1 atom stereocenters. The number of hydrogen-bond donors (Lipinski definition) is 1. The van der Waals surface area contributed by atoms with Gasteiger partial charge < -0.3 is 5.32 Å². The standard InChI is InChI=1S/C15H12FN3O3S2/c16-10-3-1-9(2-4-10)8-19-13(21)11(24-15(19)22)7-12(20)18-14-17-5-6-23-14/h1-6,11H,7-8H2,(H,17,18,20)/t11-/m1/s1. The summed E-state index contributed by atoms with van der Waals surface area (Å²) in [6, 6.07) is 5.57. The summed E-state index contributed by atoms with van der Waals surface area (Å²) in [6.45, 7) is 0.0650. The monoisotopic (exact) mass is 365 g/mol. The van der Waals surface area contributed by atoms with Gasteiger partial charge >= 0.3 is 0 Å². The van der Waals surface area contributed by atoms with Crippen LogP contribution >= 0.6 is 23.1 Å². The van der Waals surface area contributed by atoms with Gasteiger partial charge in [0, 0.05) is 18.0 Å². The Balaban J connectivity index is 1.61. The Morgan fingerprint density at radius 2 is 2.04 bits per heavy atom. The first-order valence-corrected chi connectivity index (χ1v) is 8.74. The highest BCUT2D eigenvalue weighted by atomic mass is 32.2. The fourth-order valence-electron chi connectivity index (χ4n) is 2.17. The maximum atomic E-state index is 12.9. The molecule has 24 heavy (non-hydrogen) atoms. The van der Waals surface area contributed by atoms with Crippen LogP contribution in [0.25, 0.3) is 0 Å². The van der Waals surface area contributed by atoms with Crippen LogP contribution in [0.3, 0.4) is 0 Å². The van der Waals surface area contributed by atoms with Crippen molar-refractivity contribution in [2.75, 3.05) is 5.32 Å². The highest BCUT2D eigenvalue weighted by molar-refractivity contribution is 8.15.